The van der Waals surface area contributed by atoms with Crippen LogP contribution in [0.1, 0.15) is 25.0 Å². The quantitative estimate of drug-likeness (QED) is 0.0672. The minimum absolute atomic E-state index is 0. The van der Waals surface area contributed by atoms with Gasteiger partial charge in [0.05, 0.1) is 12.1 Å². The summed E-state index contributed by atoms with van der Waals surface area (Å²) in [6.07, 6.45) is 2.63. The molecule has 0 saturated carbocycles. The second kappa shape index (κ2) is 16.7. The average Bonchev–Trinajstić information content (AvgIpc) is 2.92. The zero-order valence-electron chi connectivity index (χ0n) is 23.9. The number of hydrogen-bond acceptors (Lipinski definition) is 4. The molecule has 0 aromatic heterocycles. The number of fused-ring (bicyclic) bond motifs is 1. The largest absolute Gasteiger partial charge is 0.702 e. The fraction of sp³-hybridized carbons (Fsp3) is 0.0667. The van der Waals surface area contributed by atoms with Gasteiger partial charge < -0.3 is 28.9 Å². The summed E-state index contributed by atoms with van der Waals surface area (Å²) < 4.78 is 62.1. The van der Waals surface area contributed by atoms with E-state index >= 15 is 0 Å². The van der Waals surface area contributed by atoms with Gasteiger partial charge in [-0.15, -0.1) is 24.3 Å². The van der Waals surface area contributed by atoms with E-state index < -0.39 is 30.0 Å². The Balaban J connectivity index is 0.000000353. The minimum atomic E-state index is -4.57. The van der Waals surface area contributed by atoms with E-state index in [1.54, 1.807) is 24.3 Å². The zero-order valence-corrected chi connectivity index (χ0v) is 27.1. The Labute approximate surface area is 274 Å². The third kappa shape index (κ3) is 12.3. The molecule has 0 aliphatic heterocycles. The van der Waals surface area contributed by atoms with Gasteiger partial charge in [-0.05, 0) is 25.0 Å². The summed E-state index contributed by atoms with van der Waals surface area (Å²) in [4.78, 5) is 35.3. The number of ketones is 4. The number of benzene rings is 4. The smallest absolute Gasteiger partial charge is 0.272 e. The summed E-state index contributed by atoms with van der Waals surface area (Å²) in [6.45, 7) is 3.03. The van der Waals surface area contributed by atoms with Crippen molar-refractivity contribution in [3.05, 3.63) is 109 Å². The summed E-state index contributed by atoms with van der Waals surface area (Å²) >= 11 is 0. The zero-order chi connectivity index (χ0) is 33.2. The van der Waals surface area contributed by atoms with Crippen LogP contribution in [0, 0.1) is 12.8 Å². The van der Waals surface area contributed by atoms with Gasteiger partial charge in [-0.3, -0.25) is 9.59 Å². The molecule has 0 heterocycles. The summed E-state index contributed by atoms with van der Waals surface area (Å²) in [5.74, 6) is -0.372. The molecule has 12 nitrogen and oxygen atoms in total. The van der Waals surface area contributed by atoms with Crippen molar-refractivity contribution in [2.75, 3.05) is 0 Å². The van der Waals surface area contributed by atoms with Crippen molar-refractivity contribution in [2.24, 2.45) is 0 Å². The van der Waals surface area contributed by atoms with E-state index in [-0.39, 0.29) is 67.1 Å². The van der Waals surface area contributed by atoms with Crippen molar-refractivity contribution < 1.29 is 77.1 Å². The summed E-state index contributed by atoms with van der Waals surface area (Å²) in [6, 6.07) is 21.7. The summed E-state index contributed by atoms with van der Waals surface area (Å²) in [5, 5.41) is 15.2. The normalized spacial score (nSPS) is 12.6. The van der Waals surface area contributed by atoms with Crippen molar-refractivity contribution in [1.29, 1.82) is 0 Å². The summed E-state index contributed by atoms with van der Waals surface area (Å²) in [7, 11) is -9.14. The maximum atomic E-state index is 11.1. The van der Waals surface area contributed by atoms with Gasteiger partial charge in [0, 0.05) is 41.0 Å². The third-order valence-corrected chi connectivity index (χ3v) is 7.08. The van der Waals surface area contributed by atoms with Crippen LogP contribution in [0.2, 0.25) is 0 Å². The van der Waals surface area contributed by atoms with Crippen LogP contribution in [0.25, 0.3) is 10.8 Å². The van der Waals surface area contributed by atoms with Crippen molar-refractivity contribution in [1.82, 2.24) is 0 Å². The van der Waals surface area contributed by atoms with Gasteiger partial charge in [-0.1, -0.05) is 47.5 Å². The van der Waals surface area contributed by atoms with Crippen LogP contribution < -0.4 is 0 Å². The molecule has 45 heavy (non-hydrogen) atoms. The van der Waals surface area contributed by atoms with Gasteiger partial charge in [0.2, 0.25) is 23.1 Å². The van der Waals surface area contributed by atoms with E-state index in [0.717, 1.165) is 24.3 Å². The van der Waals surface area contributed by atoms with E-state index in [9.17, 15) is 27.1 Å². The van der Waals surface area contributed by atoms with Gasteiger partial charge in [0.25, 0.3) is 31.7 Å². The molecule has 4 aromatic carbocycles. The Morgan fingerprint density at radius 3 is 1.22 bits per heavy atom. The third-order valence-electron chi connectivity index (χ3n) is 5.42. The Kier molecular flexibility index (Phi) is 14.4. The molecule has 0 aliphatic rings. The standard InChI is InChI=1S/C10H8O8S2.2C10H9O2.Ti/c11-8-3-6(19(13,14)15)1-5-2-7(20(16,17)18)4-9(12)10(5)8;2*1-8(11)7-10(12)9-5-3-2-4-6-9;/h1-4,11-12H,(H,13,14,15)(H,16,17,18);2*2-7H,1H3;/q;2*-1;/p+6. The minimum Gasteiger partial charge on any atom is -0.702 e. The molecule has 15 heteroatoms. The molecular formula is C30H32O12S2Ti+4. The first-order valence-corrected chi connectivity index (χ1v) is 15.3. The number of carbonyl (C=O) groups excluding carboxylic acids is 4. The molecule has 4 rings (SSSR count). The molecule has 10 N–H and O–H groups in total. The van der Waals surface area contributed by atoms with Crippen LogP contribution in [0.3, 0.4) is 0 Å². The fourth-order valence-corrected chi connectivity index (χ4v) is 4.62. The molecule has 0 saturated heterocycles. The first kappa shape index (κ1) is 38.7. The van der Waals surface area contributed by atoms with Crippen LogP contribution in [-0.2, 0) is 42.0 Å². The Morgan fingerprint density at radius 2 is 0.956 bits per heavy atom. The predicted molar refractivity (Wildman–Crippen MR) is 167 cm³/mol. The van der Waals surface area contributed by atoms with Gasteiger partial charge in [-0.25, -0.2) is 8.42 Å². The van der Waals surface area contributed by atoms with Crippen LogP contribution in [0.4, 0.5) is 0 Å². The van der Waals surface area contributed by atoms with Crippen molar-refractivity contribution in [2.45, 2.75) is 23.6 Å². The maximum absolute atomic E-state index is 11.1. The molecule has 2 unspecified atom stereocenters. The fourth-order valence-electron chi connectivity index (χ4n) is 3.54. The molecule has 0 fully saturated rings. The van der Waals surface area contributed by atoms with Gasteiger partial charge in [0.1, 0.15) is 9.79 Å². The SMILES string of the molecule is CC(=[OH+])[CH-]C(=[OH+])c1ccccc1.CC(=[OH+])[CH-]C(=[OH+])c1ccccc1.O=S([O-])(=[OH+])c1cc([OH2+])c2c([OH2+])cc(S(=O)([O-])=[OH+])cc2c1.[Ti]. The Morgan fingerprint density at radius 1 is 0.644 bits per heavy atom. The van der Waals surface area contributed by atoms with Crippen LogP contribution in [0.15, 0.2) is 94.7 Å². The molecule has 4 aromatic rings. The maximum Gasteiger partial charge on any atom is 0.272 e. The van der Waals surface area contributed by atoms with E-state index in [4.69, 9.17) is 28.2 Å². The van der Waals surface area contributed by atoms with E-state index in [2.05, 4.69) is 0 Å². The predicted octanol–water partition coefficient (Wildman–Crippen LogP) is 2.53. The molecule has 0 aliphatic carbocycles. The first-order valence-electron chi connectivity index (χ1n) is 12.4. The second-order valence-corrected chi connectivity index (χ2v) is 11.9. The van der Waals surface area contributed by atoms with Gasteiger partial charge in [-0.2, -0.15) is 8.42 Å². The average molecular weight is 697 g/mol. The molecule has 0 amide bonds. The van der Waals surface area contributed by atoms with Crippen molar-refractivity contribution in [3.8, 4) is 11.5 Å². The van der Waals surface area contributed by atoms with Crippen molar-refractivity contribution >= 4 is 54.1 Å². The molecule has 0 radical (unpaired) electrons. The molecule has 0 bridgehead atoms. The topological polar surface area (TPSA) is 254 Å². The van der Waals surface area contributed by atoms with E-state index in [1.807, 2.05) is 36.4 Å². The van der Waals surface area contributed by atoms with Gasteiger partial charge >= 0.3 is 0 Å². The Hall–Kier alpha value is -4.31. The molecular weight excluding hydrogens is 664 g/mol. The van der Waals surface area contributed by atoms with E-state index in [0.29, 0.717) is 11.1 Å². The number of hydrogen-bond donors (Lipinski definition) is 0. The van der Waals surface area contributed by atoms with Gasteiger partial charge in [0.15, 0.2) is 5.39 Å². The molecule has 2 atom stereocenters. The summed E-state index contributed by atoms with van der Waals surface area (Å²) in [5.41, 5.74) is 1.40. The van der Waals surface area contributed by atoms with Crippen LogP contribution in [-0.4, -0.2) is 78.5 Å². The van der Waals surface area contributed by atoms with E-state index in [1.165, 1.54) is 26.7 Å². The monoisotopic (exact) mass is 696 g/mol. The van der Waals surface area contributed by atoms with Crippen molar-refractivity contribution in [3.63, 3.8) is 0 Å². The van der Waals surface area contributed by atoms with Crippen LogP contribution >= 0.6 is 0 Å². The second-order valence-electron chi connectivity index (χ2n) is 9.06. The Bertz CT molecular complexity index is 1770. The first-order chi connectivity index (χ1) is 20.4. The molecule has 0 spiro atoms. The number of rotatable bonds is 8. The molecule has 236 valence electrons. The van der Waals surface area contributed by atoms with Crippen LogP contribution in [0.5, 0.6) is 11.5 Å².